The SMILES string of the molecule is C1=CC(N2CCC(N3CCCC3)CC2)=NCCC2CC(c3ccncc3)=C(c3ccccc3)N=C12. The number of likely N-dealkylation sites (tertiary alicyclic amines) is 2. The standard InChI is InChI=1S/C30H35N5/c1-2-6-24(7-3-1)30-27(23-10-15-31-16-11-23)22-25-12-17-32-29(9-8-28(25)33-30)35-20-13-26(14-21-35)34-18-4-5-19-34/h1-3,6-11,15-16,25-26H,4-5,12-14,17-22H2. The molecular weight excluding hydrogens is 430 g/mol. The van der Waals surface area contributed by atoms with Crippen molar-refractivity contribution in [1.29, 1.82) is 0 Å². The van der Waals surface area contributed by atoms with E-state index in [2.05, 4.69) is 69.4 Å². The molecule has 0 bridgehead atoms. The molecule has 1 unspecified atom stereocenters. The second kappa shape index (κ2) is 10.3. The Kier molecular flexibility index (Phi) is 6.59. The van der Waals surface area contributed by atoms with Crippen LogP contribution in [0.2, 0.25) is 0 Å². The van der Waals surface area contributed by atoms with Crippen LogP contribution in [0.3, 0.4) is 0 Å². The quantitative estimate of drug-likeness (QED) is 0.615. The lowest BCUT2D eigenvalue weighted by atomic mass is 9.83. The van der Waals surface area contributed by atoms with Crippen molar-refractivity contribution in [1.82, 2.24) is 14.8 Å². The minimum atomic E-state index is 0.396. The Bertz CT molecular complexity index is 1130. The lowest BCUT2D eigenvalue weighted by Gasteiger charge is -2.38. The Morgan fingerprint density at radius 1 is 0.771 bits per heavy atom. The molecule has 4 aliphatic heterocycles. The number of nitrogens with zero attached hydrogens (tertiary/aromatic N) is 5. The van der Waals surface area contributed by atoms with E-state index in [-0.39, 0.29) is 0 Å². The van der Waals surface area contributed by atoms with Crippen molar-refractivity contribution in [3.05, 3.63) is 78.1 Å². The summed E-state index contributed by atoms with van der Waals surface area (Å²) in [6, 6.07) is 15.6. The van der Waals surface area contributed by atoms with Crippen molar-refractivity contribution >= 4 is 22.8 Å². The van der Waals surface area contributed by atoms with Crippen molar-refractivity contribution in [3.8, 4) is 0 Å². The molecule has 5 heterocycles. The number of benzene rings is 1. The van der Waals surface area contributed by atoms with E-state index in [1.165, 1.54) is 61.2 Å². The Morgan fingerprint density at radius 3 is 2.31 bits per heavy atom. The first-order valence-electron chi connectivity index (χ1n) is 13.3. The van der Waals surface area contributed by atoms with Crippen molar-refractivity contribution in [2.24, 2.45) is 15.9 Å². The zero-order chi connectivity index (χ0) is 23.5. The number of rotatable bonds is 3. The molecule has 1 aromatic carbocycles. The zero-order valence-electron chi connectivity index (χ0n) is 20.5. The molecule has 5 heteroatoms. The molecule has 2 saturated heterocycles. The van der Waals surface area contributed by atoms with E-state index in [1.807, 2.05) is 12.4 Å². The van der Waals surface area contributed by atoms with Gasteiger partial charge in [0, 0.05) is 55.3 Å². The van der Waals surface area contributed by atoms with E-state index in [4.69, 9.17) is 9.98 Å². The first-order chi connectivity index (χ1) is 17.3. The predicted molar refractivity (Wildman–Crippen MR) is 144 cm³/mol. The van der Waals surface area contributed by atoms with Crippen molar-refractivity contribution in [3.63, 3.8) is 0 Å². The molecule has 1 aromatic heterocycles. The predicted octanol–water partition coefficient (Wildman–Crippen LogP) is 5.33. The molecular formula is C30H35N5. The van der Waals surface area contributed by atoms with Crippen molar-refractivity contribution < 1.29 is 0 Å². The van der Waals surface area contributed by atoms with Gasteiger partial charge < -0.3 is 9.80 Å². The van der Waals surface area contributed by atoms with Crippen molar-refractivity contribution in [2.75, 3.05) is 32.7 Å². The molecule has 0 radical (unpaired) electrons. The normalized spacial score (nSPS) is 24.0. The van der Waals surface area contributed by atoms with Crippen LogP contribution in [-0.4, -0.2) is 65.1 Å². The summed E-state index contributed by atoms with van der Waals surface area (Å²) in [7, 11) is 0. The molecule has 180 valence electrons. The van der Waals surface area contributed by atoms with Gasteiger partial charge in [0.15, 0.2) is 0 Å². The fourth-order valence-corrected chi connectivity index (χ4v) is 6.12. The van der Waals surface area contributed by atoms with E-state index in [0.717, 1.165) is 50.1 Å². The number of amidine groups is 1. The van der Waals surface area contributed by atoms with Crippen LogP contribution in [0.1, 0.15) is 49.7 Å². The lowest BCUT2D eigenvalue weighted by molar-refractivity contribution is 0.163. The maximum Gasteiger partial charge on any atom is 0.123 e. The Labute approximate surface area is 209 Å². The minimum Gasteiger partial charge on any atom is -0.357 e. The van der Waals surface area contributed by atoms with Gasteiger partial charge in [-0.25, -0.2) is 0 Å². The average Bonchev–Trinajstić information content (AvgIpc) is 3.45. The topological polar surface area (TPSA) is 44.1 Å². The van der Waals surface area contributed by atoms with Crippen LogP contribution in [-0.2, 0) is 0 Å². The zero-order valence-corrected chi connectivity index (χ0v) is 20.5. The maximum absolute atomic E-state index is 5.29. The number of piperidine rings is 1. The molecule has 0 spiro atoms. The molecule has 0 aliphatic carbocycles. The van der Waals surface area contributed by atoms with Crippen LogP contribution >= 0.6 is 0 Å². The number of aromatic nitrogens is 1. The van der Waals surface area contributed by atoms with Gasteiger partial charge in [-0.15, -0.1) is 0 Å². The molecule has 2 fully saturated rings. The lowest BCUT2D eigenvalue weighted by Crippen LogP contribution is -2.45. The molecule has 0 amide bonds. The number of hydrogen-bond acceptors (Lipinski definition) is 5. The Hall–Kier alpha value is -3.05. The monoisotopic (exact) mass is 465 g/mol. The van der Waals surface area contributed by atoms with Crippen LogP contribution in [0.5, 0.6) is 0 Å². The summed E-state index contributed by atoms with van der Waals surface area (Å²) >= 11 is 0. The molecule has 35 heavy (non-hydrogen) atoms. The summed E-state index contributed by atoms with van der Waals surface area (Å²) in [5.41, 5.74) is 6.00. The average molecular weight is 466 g/mol. The molecule has 6 rings (SSSR count). The smallest absolute Gasteiger partial charge is 0.123 e. The van der Waals surface area contributed by atoms with Gasteiger partial charge in [0.25, 0.3) is 0 Å². The number of aliphatic imine (C=N–C) groups is 2. The third kappa shape index (κ3) is 4.87. The molecule has 1 atom stereocenters. The van der Waals surface area contributed by atoms with Gasteiger partial charge in [-0.2, -0.15) is 0 Å². The van der Waals surface area contributed by atoms with Gasteiger partial charge >= 0.3 is 0 Å². The summed E-state index contributed by atoms with van der Waals surface area (Å²) in [5, 5.41) is 0. The number of pyridine rings is 1. The number of allylic oxidation sites excluding steroid dienone is 2. The van der Waals surface area contributed by atoms with Gasteiger partial charge in [0.2, 0.25) is 0 Å². The highest BCUT2D eigenvalue weighted by Crippen LogP contribution is 2.38. The molecule has 0 N–H and O–H groups in total. The van der Waals surface area contributed by atoms with Gasteiger partial charge in [-0.05, 0) is 87.0 Å². The van der Waals surface area contributed by atoms with Crippen LogP contribution in [0.15, 0.2) is 77.0 Å². The second-order valence-electron chi connectivity index (χ2n) is 10.2. The van der Waals surface area contributed by atoms with Gasteiger partial charge in [-0.3, -0.25) is 15.0 Å². The summed E-state index contributed by atoms with van der Waals surface area (Å²) in [6.07, 6.45) is 15.5. The van der Waals surface area contributed by atoms with Gasteiger partial charge in [0.05, 0.1) is 5.70 Å². The fraction of sp³-hybridized carbons (Fsp3) is 0.433. The molecule has 5 nitrogen and oxygen atoms in total. The van der Waals surface area contributed by atoms with E-state index >= 15 is 0 Å². The van der Waals surface area contributed by atoms with E-state index < -0.39 is 0 Å². The van der Waals surface area contributed by atoms with Crippen LogP contribution in [0, 0.1) is 5.92 Å². The van der Waals surface area contributed by atoms with Crippen LogP contribution in [0.4, 0.5) is 0 Å². The van der Waals surface area contributed by atoms with Crippen LogP contribution in [0.25, 0.3) is 11.3 Å². The molecule has 4 aliphatic rings. The molecule has 0 saturated carbocycles. The summed E-state index contributed by atoms with van der Waals surface area (Å²) in [4.78, 5) is 19.8. The third-order valence-corrected chi connectivity index (χ3v) is 8.07. The summed E-state index contributed by atoms with van der Waals surface area (Å²) in [6.45, 7) is 5.68. The highest BCUT2D eigenvalue weighted by molar-refractivity contribution is 6.10. The first kappa shape index (κ1) is 22.4. The van der Waals surface area contributed by atoms with E-state index in [1.54, 1.807) is 0 Å². The maximum atomic E-state index is 5.29. The van der Waals surface area contributed by atoms with E-state index in [9.17, 15) is 0 Å². The Morgan fingerprint density at radius 2 is 1.54 bits per heavy atom. The second-order valence-corrected chi connectivity index (χ2v) is 10.2. The third-order valence-electron chi connectivity index (χ3n) is 8.07. The largest absolute Gasteiger partial charge is 0.357 e. The minimum absolute atomic E-state index is 0.396. The van der Waals surface area contributed by atoms with Gasteiger partial charge in [-0.1, -0.05) is 30.3 Å². The molecule has 2 aromatic rings. The van der Waals surface area contributed by atoms with Crippen molar-refractivity contribution in [2.45, 2.75) is 44.6 Å². The summed E-state index contributed by atoms with van der Waals surface area (Å²) in [5.74, 6) is 1.55. The van der Waals surface area contributed by atoms with E-state index in [0.29, 0.717) is 5.92 Å². The Balaban J connectivity index is 1.25. The number of hydrogen-bond donors (Lipinski definition) is 0. The fourth-order valence-electron chi connectivity index (χ4n) is 6.12. The highest BCUT2D eigenvalue weighted by Gasteiger charge is 2.29. The summed E-state index contributed by atoms with van der Waals surface area (Å²) < 4.78 is 0. The van der Waals surface area contributed by atoms with Crippen LogP contribution < -0.4 is 0 Å². The van der Waals surface area contributed by atoms with Gasteiger partial charge in [0.1, 0.15) is 5.84 Å². The number of fused-ring (bicyclic) bond motifs is 1. The highest BCUT2D eigenvalue weighted by atomic mass is 15.2. The first-order valence-corrected chi connectivity index (χ1v) is 13.3.